The lowest BCUT2D eigenvalue weighted by molar-refractivity contribution is -0.132. The highest BCUT2D eigenvalue weighted by molar-refractivity contribution is 5.85. The number of hydrogen-bond acceptors (Lipinski definition) is 3. The monoisotopic (exact) mass is 327 g/mol. The van der Waals surface area contributed by atoms with Crippen molar-refractivity contribution in [2.24, 2.45) is 11.1 Å². The van der Waals surface area contributed by atoms with Crippen LogP contribution in [0.2, 0.25) is 0 Å². The number of benzene rings is 1. The molecule has 0 saturated carbocycles. The number of nitrogens with zero attached hydrogens (tertiary/aromatic N) is 2. The largest absolute Gasteiger partial charge is 0.338 e. The fourth-order valence-corrected chi connectivity index (χ4v) is 2.36. The van der Waals surface area contributed by atoms with Gasteiger partial charge >= 0.3 is 0 Å². The Bertz CT molecular complexity index is 437. The first kappa shape index (κ1) is 20.9. The van der Waals surface area contributed by atoms with Crippen molar-refractivity contribution in [3.8, 4) is 0 Å². The fraction of sp³-hybridized carbons (Fsp3) is 0.588. The second-order valence-corrected chi connectivity index (χ2v) is 6.43. The van der Waals surface area contributed by atoms with Gasteiger partial charge in [0.2, 0.25) is 5.91 Å². The van der Waals surface area contributed by atoms with E-state index in [-0.39, 0.29) is 23.7 Å². The van der Waals surface area contributed by atoms with E-state index < -0.39 is 0 Å². The fourth-order valence-electron chi connectivity index (χ4n) is 2.36. The standard InChI is InChI=1S/C17H29N3O.ClH/c1-5-20(11-15-9-7-6-8-10-15)16(21)12-19(4)14-17(2,3)13-18;/h6-10H,5,11-14,18H2,1-4H3;1H. The Morgan fingerprint density at radius 3 is 2.32 bits per heavy atom. The SMILES string of the molecule is CCN(Cc1ccccc1)C(=O)CN(C)CC(C)(C)CN.Cl. The number of carbonyl (C=O) groups excluding carboxylic acids is 1. The van der Waals surface area contributed by atoms with Crippen LogP contribution in [0.3, 0.4) is 0 Å². The maximum absolute atomic E-state index is 12.4. The van der Waals surface area contributed by atoms with E-state index >= 15 is 0 Å². The summed E-state index contributed by atoms with van der Waals surface area (Å²) in [5, 5.41) is 0. The van der Waals surface area contributed by atoms with Crippen molar-refractivity contribution in [1.82, 2.24) is 9.80 Å². The molecule has 1 amide bonds. The summed E-state index contributed by atoms with van der Waals surface area (Å²) in [6, 6.07) is 10.1. The molecule has 0 aromatic heterocycles. The van der Waals surface area contributed by atoms with Crippen LogP contribution in [-0.2, 0) is 11.3 Å². The van der Waals surface area contributed by atoms with Crippen LogP contribution >= 0.6 is 12.4 Å². The van der Waals surface area contributed by atoms with Gasteiger partial charge in [0.1, 0.15) is 0 Å². The van der Waals surface area contributed by atoms with Crippen LogP contribution in [0.4, 0.5) is 0 Å². The van der Waals surface area contributed by atoms with Crippen LogP contribution in [0.5, 0.6) is 0 Å². The summed E-state index contributed by atoms with van der Waals surface area (Å²) in [7, 11) is 1.98. The normalized spacial score (nSPS) is 11.2. The zero-order chi connectivity index (χ0) is 15.9. The third-order valence-electron chi connectivity index (χ3n) is 3.61. The Balaban J connectivity index is 0.00000441. The highest BCUT2D eigenvalue weighted by atomic mass is 35.5. The van der Waals surface area contributed by atoms with Gasteiger partial charge in [-0.25, -0.2) is 0 Å². The molecule has 0 radical (unpaired) electrons. The third kappa shape index (κ3) is 7.25. The minimum Gasteiger partial charge on any atom is -0.338 e. The highest BCUT2D eigenvalue weighted by Crippen LogP contribution is 2.14. The van der Waals surface area contributed by atoms with Gasteiger partial charge in [0.25, 0.3) is 0 Å². The van der Waals surface area contributed by atoms with Crippen molar-refractivity contribution in [3.63, 3.8) is 0 Å². The second kappa shape index (κ2) is 9.82. The number of carbonyl (C=O) groups is 1. The van der Waals surface area contributed by atoms with Gasteiger partial charge < -0.3 is 10.6 Å². The number of amides is 1. The molecule has 0 unspecified atom stereocenters. The molecule has 2 N–H and O–H groups in total. The van der Waals surface area contributed by atoms with E-state index in [1.807, 2.05) is 37.1 Å². The number of halogens is 1. The molecule has 0 bridgehead atoms. The Morgan fingerprint density at radius 1 is 1.23 bits per heavy atom. The van der Waals surface area contributed by atoms with Gasteiger partial charge in [0.15, 0.2) is 0 Å². The summed E-state index contributed by atoms with van der Waals surface area (Å²) in [6.07, 6.45) is 0. The highest BCUT2D eigenvalue weighted by Gasteiger charge is 2.21. The molecule has 0 spiro atoms. The molecule has 5 heteroatoms. The molecule has 0 heterocycles. The van der Waals surface area contributed by atoms with Gasteiger partial charge in [-0.3, -0.25) is 9.69 Å². The van der Waals surface area contributed by atoms with Gasteiger partial charge in [-0.1, -0.05) is 44.2 Å². The zero-order valence-electron chi connectivity index (χ0n) is 14.2. The van der Waals surface area contributed by atoms with Gasteiger partial charge in [0.05, 0.1) is 6.54 Å². The summed E-state index contributed by atoms with van der Waals surface area (Å²) >= 11 is 0. The van der Waals surface area contributed by atoms with Crippen LogP contribution in [0.1, 0.15) is 26.3 Å². The third-order valence-corrected chi connectivity index (χ3v) is 3.61. The zero-order valence-corrected chi connectivity index (χ0v) is 15.0. The molecular weight excluding hydrogens is 298 g/mol. The number of hydrogen-bond donors (Lipinski definition) is 1. The summed E-state index contributed by atoms with van der Waals surface area (Å²) in [4.78, 5) is 16.4. The van der Waals surface area contributed by atoms with E-state index in [0.29, 0.717) is 19.6 Å². The Hall–Kier alpha value is -1.10. The summed E-state index contributed by atoms with van der Waals surface area (Å²) in [5.41, 5.74) is 6.95. The second-order valence-electron chi connectivity index (χ2n) is 6.43. The average molecular weight is 328 g/mol. The molecule has 22 heavy (non-hydrogen) atoms. The smallest absolute Gasteiger partial charge is 0.237 e. The van der Waals surface area contributed by atoms with Crippen LogP contribution in [0.15, 0.2) is 30.3 Å². The Kier molecular flexibility index (Phi) is 9.33. The average Bonchev–Trinajstić information content (AvgIpc) is 2.45. The molecule has 0 aliphatic carbocycles. The Morgan fingerprint density at radius 2 is 1.82 bits per heavy atom. The van der Waals surface area contributed by atoms with Crippen molar-refractivity contribution in [2.45, 2.75) is 27.3 Å². The first-order chi connectivity index (χ1) is 9.88. The molecule has 0 aliphatic heterocycles. The quantitative estimate of drug-likeness (QED) is 0.797. The summed E-state index contributed by atoms with van der Waals surface area (Å²) < 4.78 is 0. The minimum atomic E-state index is 0. The van der Waals surface area contributed by atoms with Crippen molar-refractivity contribution in [2.75, 3.05) is 33.2 Å². The number of rotatable bonds is 8. The molecule has 0 saturated heterocycles. The van der Waals surface area contributed by atoms with Gasteiger partial charge in [0, 0.05) is 19.6 Å². The van der Waals surface area contributed by atoms with Crippen molar-refractivity contribution < 1.29 is 4.79 Å². The summed E-state index contributed by atoms with van der Waals surface area (Å²) in [5.74, 6) is 0.164. The van der Waals surface area contributed by atoms with Gasteiger partial charge in [-0.2, -0.15) is 0 Å². The van der Waals surface area contributed by atoms with Crippen LogP contribution in [-0.4, -0.2) is 48.9 Å². The maximum Gasteiger partial charge on any atom is 0.237 e. The molecule has 0 fully saturated rings. The molecule has 0 atom stereocenters. The first-order valence-electron chi connectivity index (χ1n) is 7.58. The first-order valence-corrected chi connectivity index (χ1v) is 7.58. The molecule has 0 aliphatic rings. The lowest BCUT2D eigenvalue weighted by atomic mass is 9.93. The lowest BCUT2D eigenvalue weighted by Crippen LogP contribution is -2.43. The Labute approximate surface area is 141 Å². The van der Waals surface area contributed by atoms with E-state index in [9.17, 15) is 4.79 Å². The topological polar surface area (TPSA) is 49.6 Å². The maximum atomic E-state index is 12.4. The van der Waals surface area contributed by atoms with Gasteiger partial charge in [-0.15, -0.1) is 12.4 Å². The predicted octanol–water partition coefficient (Wildman–Crippen LogP) is 2.37. The van der Waals surface area contributed by atoms with E-state index in [2.05, 4.69) is 30.9 Å². The van der Waals surface area contributed by atoms with Crippen molar-refractivity contribution in [1.29, 1.82) is 0 Å². The van der Waals surface area contributed by atoms with Gasteiger partial charge in [-0.05, 0) is 31.5 Å². The lowest BCUT2D eigenvalue weighted by Gasteiger charge is -2.30. The summed E-state index contributed by atoms with van der Waals surface area (Å²) in [6.45, 7) is 9.52. The van der Waals surface area contributed by atoms with E-state index in [1.54, 1.807) is 0 Å². The minimum absolute atomic E-state index is 0. The van der Waals surface area contributed by atoms with E-state index in [0.717, 1.165) is 18.7 Å². The van der Waals surface area contributed by atoms with Crippen LogP contribution in [0, 0.1) is 5.41 Å². The van der Waals surface area contributed by atoms with E-state index in [4.69, 9.17) is 5.73 Å². The van der Waals surface area contributed by atoms with Crippen molar-refractivity contribution in [3.05, 3.63) is 35.9 Å². The molecule has 126 valence electrons. The predicted molar refractivity (Wildman–Crippen MR) is 95.1 cm³/mol. The number of likely N-dealkylation sites (N-methyl/N-ethyl adjacent to an activating group) is 2. The number of nitrogens with two attached hydrogens (primary N) is 1. The van der Waals surface area contributed by atoms with Crippen molar-refractivity contribution >= 4 is 18.3 Å². The van der Waals surface area contributed by atoms with Crippen LogP contribution < -0.4 is 5.73 Å². The molecule has 1 rings (SSSR count). The molecular formula is C17H30ClN3O. The molecule has 1 aromatic rings. The molecule has 1 aromatic carbocycles. The van der Waals surface area contributed by atoms with Crippen LogP contribution in [0.25, 0.3) is 0 Å². The molecule has 4 nitrogen and oxygen atoms in total. The van der Waals surface area contributed by atoms with E-state index in [1.165, 1.54) is 0 Å².